The molecule has 0 saturated carbocycles. The number of aliphatic hydroxyl groups is 1. The Labute approximate surface area is 103 Å². The van der Waals surface area contributed by atoms with Crippen LogP contribution in [0.2, 0.25) is 0 Å². The Kier molecular flexibility index (Phi) is 9.23. The molecule has 0 aliphatic rings. The van der Waals surface area contributed by atoms with Gasteiger partial charge in [-0.1, -0.05) is 17.9 Å². The van der Waals surface area contributed by atoms with Crippen LogP contribution in [0.15, 0.2) is 0 Å². The van der Waals surface area contributed by atoms with Crippen molar-refractivity contribution in [2.24, 2.45) is 5.92 Å². The van der Waals surface area contributed by atoms with Crippen LogP contribution in [0.1, 0.15) is 33.6 Å². The number of aliphatic hydroxyl groups excluding tert-OH is 1. The monoisotopic (exact) mass is 265 g/mol. The van der Waals surface area contributed by atoms with Gasteiger partial charge < -0.3 is 14.6 Å². The highest BCUT2D eigenvalue weighted by molar-refractivity contribution is 7.45. The SMILES string of the molecule is CCCC(C(=O)OCC)C(OCC)[P+](=O)CO. The van der Waals surface area contributed by atoms with Crippen molar-refractivity contribution in [1.29, 1.82) is 0 Å². The maximum absolute atomic E-state index is 11.8. The largest absolute Gasteiger partial charge is 0.466 e. The smallest absolute Gasteiger partial charge is 0.399 e. The van der Waals surface area contributed by atoms with Crippen LogP contribution in [0.4, 0.5) is 0 Å². The summed E-state index contributed by atoms with van der Waals surface area (Å²) in [6.45, 7) is 6.06. The van der Waals surface area contributed by atoms with E-state index in [0.29, 0.717) is 13.0 Å². The molecule has 0 radical (unpaired) electrons. The van der Waals surface area contributed by atoms with Gasteiger partial charge in [-0.25, -0.2) is 0 Å². The van der Waals surface area contributed by atoms with Gasteiger partial charge in [0.1, 0.15) is 5.92 Å². The Bertz CT molecular complexity index is 244. The van der Waals surface area contributed by atoms with Crippen LogP contribution in [-0.2, 0) is 18.8 Å². The molecule has 0 heterocycles. The number of rotatable bonds is 9. The zero-order valence-corrected chi connectivity index (χ0v) is 11.6. The van der Waals surface area contributed by atoms with E-state index < -0.39 is 31.9 Å². The molecule has 0 aliphatic carbocycles. The maximum atomic E-state index is 11.8. The van der Waals surface area contributed by atoms with Crippen molar-refractivity contribution in [3.8, 4) is 0 Å². The molecule has 0 amide bonds. The predicted octanol–water partition coefficient (Wildman–Crippen LogP) is 2.11. The summed E-state index contributed by atoms with van der Waals surface area (Å²) in [5, 5.41) is 8.94. The first-order chi connectivity index (χ1) is 8.12. The zero-order chi connectivity index (χ0) is 13.3. The second-order valence-corrected chi connectivity index (χ2v) is 5.18. The van der Waals surface area contributed by atoms with Crippen LogP contribution in [-0.4, -0.2) is 36.5 Å². The van der Waals surface area contributed by atoms with Crippen molar-refractivity contribution in [1.82, 2.24) is 0 Å². The molecule has 100 valence electrons. The lowest BCUT2D eigenvalue weighted by Gasteiger charge is -2.17. The van der Waals surface area contributed by atoms with E-state index in [1.54, 1.807) is 13.8 Å². The fourth-order valence-corrected chi connectivity index (χ4v) is 2.74. The van der Waals surface area contributed by atoms with E-state index in [9.17, 15) is 9.36 Å². The van der Waals surface area contributed by atoms with Crippen LogP contribution in [0.5, 0.6) is 0 Å². The minimum absolute atomic E-state index is 0.286. The van der Waals surface area contributed by atoms with E-state index in [0.717, 1.165) is 6.42 Å². The highest BCUT2D eigenvalue weighted by atomic mass is 31.1. The highest BCUT2D eigenvalue weighted by Gasteiger charge is 2.42. The second-order valence-electron chi connectivity index (χ2n) is 3.55. The van der Waals surface area contributed by atoms with Gasteiger partial charge in [-0.05, 0) is 20.3 Å². The fourth-order valence-electron chi connectivity index (χ4n) is 1.59. The first-order valence-corrected chi connectivity index (χ1v) is 7.46. The van der Waals surface area contributed by atoms with E-state index >= 15 is 0 Å². The molecule has 0 aromatic rings. The lowest BCUT2D eigenvalue weighted by molar-refractivity contribution is -0.151. The van der Waals surface area contributed by atoms with E-state index in [2.05, 4.69) is 0 Å². The summed E-state index contributed by atoms with van der Waals surface area (Å²) in [6.07, 6.45) is 0.839. The molecule has 3 unspecified atom stereocenters. The molecule has 5 nitrogen and oxygen atoms in total. The van der Waals surface area contributed by atoms with Crippen molar-refractivity contribution < 1.29 is 23.9 Å². The third kappa shape index (κ3) is 5.57. The summed E-state index contributed by atoms with van der Waals surface area (Å²) in [7, 11) is -1.96. The first-order valence-electron chi connectivity index (χ1n) is 5.95. The number of hydrogen-bond donors (Lipinski definition) is 1. The summed E-state index contributed by atoms with van der Waals surface area (Å²) in [5.74, 6) is -1.71. The van der Waals surface area contributed by atoms with Gasteiger partial charge in [0.25, 0.3) is 5.85 Å². The molecule has 0 aliphatic heterocycles. The first kappa shape index (κ1) is 16.5. The molecular weight excluding hydrogens is 243 g/mol. The zero-order valence-electron chi connectivity index (χ0n) is 10.7. The number of ether oxygens (including phenoxy) is 2. The highest BCUT2D eigenvalue weighted by Crippen LogP contribution is 2.36. The molecule has 0 saturated heterocycles. The molecule has 0 aromatic heterocycles. The molecule has 17 heavy (non-hydrogen) atoms. The number of hydrogen-bond acceptors (Lipinski definition) is 5. The van der Waals surface area contributed by atoms with Gasteiger partial charge >= 0.3 is 13.8 Å². The average molecular weight is 265 g/mol. The lowest BCUT2D eigenvalue weighted by atomic mass is 10.1. The van der Waals surface area contributed by atoms with E-state index in [1.165, 1.54) is 0 Å². The summed E-state index contributed by atoms with van der Waals surface area (Å²) in [6, 6.07) is 0. The van der Waals surface area contributed by atoms with Gasteiger partial charge in [0.2, 0.25) is 6.35 Å². The minimum Gasteiger partial charge on any atom is -0.466 e. The Balaban J connectivity index is 4.80. The van der Waals surface area contributed by atoms with Crippen LogP contribution >= 0.6 is 7.80 Å². The van der Waals surface area contributed by atoms with Gasteiger partial charge in [-0.15, -0.1) is 0 Å². The third-order valence-electron chi connectivity index (χ3n) is 2.29. The van der Waals surface area contributed by atoms with Crippen molar-refractivity contribution in [3.63, 3.8) is 0 Å². The normalized spacial score (nSPS) is 15.2. The van der Waals surface area contributed by atoms with E-state index in [4.69, 9.17) is 14.6 Å². The van der Waals surface area contributed by atoms with Crippen LogP contribution < -0.4 is 0 Å². The Morgan fingerprint density at radius 3 is 2.35 bits per heavy atom. The van der Waals surface area contributed by atoms with E-state index in [-0.39, 0.29) is 6.61 Å². The second kappa shape index (κ2) is 9.51. The van der Waals surface area contributed by atoms with Gasteiger partial charge in [-0.3, -0.25) is 4.79 Å². The Morgan fingerprint density at radius 1 is 1.29 bits per heavy atom. The topological polar surface area (TPSA) is 72.8 Å². The number of carbonyl (C=O) groups is 1. The van der Waals surface area contributed by atoms with Gasteiger partial charge in [0.15, 0.2) is 0 Å². The molecule has 3 atom stereocenters. The standard InChI is InChI=1S/C11H22O5P/c1-4-7-9(10(13)15-5-2)11(16-6-3)17(14)8-12/h9,11-12H,4-8H2,1-3H3/q+1. The molecule has 6 heteroatoms. The Hall–Kier alpha value is -0.510. The van der Waals surface area contributed by atoms with Gasteiger partial charge in [-0.2, -0.15) is 0 Å². The lowest BCUT2D eigenvalue weighted by Crippen LogP contribution is -2.30. The van der Waals surface area contributed by atoms with Gasteiger partial charge in [0.05, 0.1) is 6.61 Å². The molecule has 0 fully saturated rings. The predicted molar refractivity (Wildman–Crippen MR) is 65.1 cm³/mol. The van der Waals surface area contributed by atoms with Crippen molar-refractivity contribution in [2.45, 2.75) is 39.5 Å². The summed E-state index contributed by atoms with van der Waals surface area (Å²) >= 11 is 0. The van der Waals surface area contributed by atoms with Crippen molar-refractivity contribution in [3.05, 3.63) is 0 Å². The van der Waals surface area contributed by atoms with Crippen molar-refractivity contribution in [2.75, 3.05) is 19.6 Å². The molecule has 0 bridgehead atoms. The summed E-state index contributed by atoms with van der Waals surface area (Å²) in [5.41, 5.74) is 0. The molecule has 0 aromatic carbocycles. The molecule has 1 N–H and O–H groups in total. The quantitative estimate of drug-likeness (QED) is 0.510. The minimum atomic E-state index is -1.96. The molecular formula is C11H22O5P+. The maximum Gasteiger partial charge on any atom is 0.399 e. The third-order valence-corrected chi connectivity index (χ3v) is 3.65. The van der Waals surface area contributed by atoms with Gasteiger partial charge in [0, 0.05) is 6.61 Å². The van der Waals surface area contributed by atoms with Crippen LogP contribution in [0.25, 0.3) is 0 Å². The van der Waals surface area contributed by atoms with Crippen molar-refractivity contribution >= 4 is 13.8 Å². The Morgan fingerprint density at radius 2 is 1.94 bits per heavy atom. The number of esters is 1. The van der Waals surface area contributed by atoms with Crippen LogP contribution in [0, 0.1) is 5.92 Å². The number of carbonyl (C=O) groups excluding carboxylic acids is 1. The van der Waals surface area contributed by atoms with E-state index in [1.807, 2.05) is 6.92 Å². The summed E-state index contributed by atoms with van der Waals surface area (Å²) in [4.78, 5) is 11.8. The fraction of sp³-hybridized carbons (Fsp3) is 0.909. The summed E-state index contributed by atoms with van der Waals surface area (Å²) < 4.78 is 22.0. The molecule has 0 spiro atoms. The van der Waals surface area contributed by atoms with Crippen LogP contribution in [0.3, 0.4) is 0 Å². The average Bonchev–Trinajstić information content (AvgIpc) is 2.33. The molecule has 0 rings (SSSR count).